The van der Waals surface area contributed by atoms with Crippen molar-refractivity contribution in [2.75, 3.05) is 40.4 Å². The van der Waals surface area contributed by atoms with Crippen LogP contribution in [0, 0.1) is 0 Å². The SMILES string of the molecule is CS(=O)(=O)Nc1ccc(N2CCN(c3ccccc3)C[C@@H]2C(N)=O)cc1. The highest BCUT2D eigenvalue weighted by molar-refractivity contribution is 7.92. The molecule has 0 saturated carbocycles. The third kappa shape index (κ3) is 4.26. The first kappa shape index (κ1) is 18.1. The van der Waals surface area contributed by atoms with Crippen molar-refractivity contribution < 1.29 is 13.2 Å². The maximum Gasteiger partial charge on any atom is 0.241 e. The molecular weight excluding hydrogens is 352 g/mol. The van der Waals surface area contributed by atoms with Crippen LogP contribution in [0.2, 0.25) is 0 Å². The number of carbonyl (C=O) groups is 1. The molecule has 1 amide bonds. The lowest BCUT2D eigenvalue weighted by Crippen LogP contribution is -2.58. The van der Waals surface area contributed by atoms with Crippen molar-refractivity contribution in [2.24, 2.45) is 5.73 Å². The number of para-hydroxylation sites is 1. The predicted molar refractivity (Wildman–Crippen MR) is 104 cm³/mol. The van der Waals surface area contributed by atoms with E-state index in [4.69, 9.17) is 5.73 Å². The van der Waals surface area contributed by atoms with Crippen LogP contribution >= 0.6 is 0 Å². The van der Waals surface area contributed by atoms with Crippen molar-refractivity contribution in [1.82, 2.24) is 0 Å². The number of piperazine rings is 1. The molecule has 1 saturated heterocycles. The highest BCUT2D eigenvalue weighted by atomic mass is 32.2. The number of amides is 1. The second-order valence-electron chi connectivity index (χ2n) is 6.31. The summed E-state index contributed by atoms with van der Waals surface area (Å²) >= 11 is 0. The Bertz CT molecular complexity index is 869. The number of hydrogen-bond donors (Lipinski definition) is 2. The fourth-order valence-corrected chi connectivity index (χ4v) is 3.71. The number of anilines is 3. The minimum absolute atomic E-state index is 0.385. The summed E-state index contributed by atoms with van der Waals surface area (Å²) in [7, 11) is -3.32. The van der Waals surface area contributed by atoms with Crippen LogP contribution in [0.4, 0.5) is 17.1 Å². The van der Waals surface area contributed by atoms with Crippen molar-refractivity contribution >= 4 is 33.0 Å². The molecule has 1 aliphatic rings. The highest BCUT2D eigenvalue weighted by Gasteiger charge is 2.31. The molecule has 7 nitrogen and oxygen atoms in total. The molecule has 1 fully saturated rings. The molecule has 1 heterocycles. The molecule has 138 valence electrons. The van der Waals surface area contributed by atoms with E-state index in [2.05, 4.69) is 9.62 Å². The third-order valence-corrected chi connectivity index (χ3v) is 4.94. The number of benzene rings is 2. The number of carbonyl (C=O) groups excluding carboxylic acids is 1. The number of nitrogens with two attached hydrogens (primary N) is 1. The average Bonchev–Trinajstić information content (AvgIpc) is 2.61. The van der Waals surface area contributed by atoms with Gasteiger partial charge in [0.2, 0.25) is 15.9 Å². The molecule has 3 rings (SSSR count). The van der Waals surface area contributed by atoms with Gasteiger partial charge in [-0.15, -0.1) is 0 Å². The van der Waals surface area contributed by atoms with Crippen molar-refractivity contribution in [1.29, 1.82) is 0 Å². The largest absolute Gasteiger partial charge is 0.368 e. The first-order valence-electron chi connectivity index (χ1n) is 8.27. The average molecular weight is 374 g/mol. The zero-order chi connectivity index (χ0) is 18.7. The molecule has 0 bridgehead atoms. The summed E-state index contributed by atoms with van der Waals surface area (Å²) in [6.45, 7) is 1.90. The van der Waals surface area contributed by atoms with Gasteiger partial charge in [0.05, 0.1) is 6.26 Å². The molecule has 0 radical (unpaired) electrons. The maximum absolute atomic E-state index is 12.0. The van der Waals surface area contributed by atoms with E-state index in [1.165, 1.54) is 0 Å². The number of rotatable bonds is 5. The van der Waals surface area contributed by atoms with Gasteiger partial charge in [0.1, 0.15) is 6.04 Å². The number of hydrogen-bond acceptors (Lipinski definition) is 5. The number of nitrogens with zero attached hydrogens (tertiary/aromatic N) is 2. The number of nitrogens with one attached hydrogen (secondary N) is 1. The van der Waals surface area contributed by atoms with Gasteiger partial charge in [-0.2, -0.15) is 0 Å². The maximum atomic E-state index is 12.0. The Balaban J connectivity index is 1.78. The summed E-state index contributed by atoms with van der Waals surface area (Å²) in [6, 6.07) is 16.4. The van der Waals surface area contributed by atoms with E-state index in [0.717, 1.165) is 24.2 Å². The van der Waals surface area contributed by atoms with Gasteiger partial charge in [-0.05, 0) is 36.4 Å². The minimum Gasteiger partial charge on any atom is -0.368 e. The van der Waals surface area contributed by atoms with E-state index in [9.17, 15) is 13.2 Å². The fourth-order valence-electron chi connectivity index (χ4n) is 3.14. The Morgan fingerprint density at radius 1 is 1.04 bits per heavy atom. The summed E-state index contributed by atoms with van der Waals surface area (Å²) < 4.78 is 25.1. The van der Waals surface area contributed by atoms with Gasteiger partial charge in [0.15, 0.2) is 0 Å². The van der Waals surface area contributed by atoms with E-state index >= 15 is 0 Å². The van der Waals surface area contributed by atoms with E-state index < -0.39 is 16.1 Å². The topological polar surface area (TPSA) is 95.7 Å². The Labute approximate surface area is 153 Å². The minimum atomic E-state index is -3.32. The molecule has 0 spiro atoms. The second kappa shape index (κ2) is 7.25. The van der Waals surface area contributed by atoms with Crippen molar-refractivity contribution in [3.8, 4) is 0 Å². The molecule has 26 heavy (non-hydrogen) atoms. The predicted octanol–water partition coefficient (Wildman–Crippen LogP) is 1.24. The zero-order valence-corrected chi connectivity index (χ0v) is 15.3. The van der Waals surface area contributed by atoms with Crippen molar-refractivity contribution in [3.63, 3.8) is 0 Å². The smallest absolute Gasteiger partial charge is 0.241 e. The Kier molecular flexibility index (Phi) is 5.03. The molecule has 2 aromatic rings. The Morgan fingerprint density at radius 2 is 1.69 bits per heavy atom. The lowest BCUT2D eigenvalue weighted by Gasteiger charge is -2.42. The standard InChI is InChI=1S/C18H22N4O3S/c1-26(24,25)20-14-7-9-16(10-8-14)22-12-11-21(13-17(22)18(19)23)15-5-3-2-4-6-15/h2-10,17,20H,11-13H2,1H3,(H2,19,23)/t17-/m1/s1. The highest BCUT2D eigenvalue weighted by Crippen LogP contribution is 2.25. The first-order chi connectivity index (χ1) is 12.3. The molecular formula is C18H22N4O3S. The molecule has 1 aliphatic heterocycles. The van der Waals surface area contributed by atoms with Crippen LogP contribution in [0.3, 0.4) is 0 Å². The lowest BCUT2D eigenvalue weighted by molar-refractivity contribution is -0.119. The summed E-state index contributed by atoms with van der Waals surface area (Å²) in [5.41, 5.74) is 8.03. The summed E-state index contributed by atoms with van der Waals surface area (Å²) in [5, 5.41) is 0. The van der Waals surface area contributed by atoms with Gasteiger partial charge >= 0.3 is 0 Å². The summed E-state index contributed by atoms with van der Waals surface area (Å²) in [6.07, 6.45) is 1.10. The van der Waals surface area contributed by atoms with Gasteiger partial charge in [0.25, 0.3) is 0 Å². The van der Waals surface area contributed by atoms with Crippen molar-refractivity contribution in [3.05, 3.63) is 54.6 Å². The molecule has 1 atom stereocenters. The second-order valence-corrected chi connectivity index (χ2v) is 8.06. The third-order valence-electron chi connectivity index (χ3n) is 4.33. The van der Waals surface area contributed by atoms with E-state index in [1.54, 1.807) is 24.3 Å². The quantitative estimate of drug-likeness (QED) is 0.821. The summed E-state index contributed by atoms with van der Waals surface area (Å²) in [5.74, 6) is -0.385. The van der Waals surface area contributed by atoms with E-state index in [0.29, 0.717) is 18.8 Å². The molecule has 3 N–H and O–H groups in total. The van der Waals surface area contributed by atoms with Gasteiger partial charge < -0.3 is 15.5 Å². The molecule has 8 heteroatoms. The van der Waals surface area contributed by atoms with Crippen LogP contribution in [0.15, 0.2) is 54.6 Å². The monoisotopic (exact) mass is 374 g/mol. The van der Waals surface area contributed by atoms with E-state index in [-0.39, 0.29) is 5.91 Å². The van der Waals surface area contributed by atoms with Crippen LogP contribution in [0.5, 0.6) is 0 Å². The molecule has 0 aliphatic carbocycles. The Morgan fingerprint density at radius 3 is 2.27 bits per heavy atom. The van der Waals surface area contributed by atoms with E-state index in [1.807, 2.05) is 35.2 Å². The molecule has 0 unspecified atom stereocenters. The first-order valence-corrected chi connectivity index (χ1v) is 10.2. The van der Waals surface area contributed by atoms with Gasteiger partial charge in [-0.25, -0.2) is 8.42 Å². The van der Waals surface area contributed by atoms with Crippen molar-refractivity contribution in [2.45, 2.75) is 6.04 Å². The zero-order valence-electron chi connectivity index (χ0n) is 14.5. The molecule has 2 aromatic carbocycles. The van der Waals surface area contributed by atoms with Gasteiger partial charge in [-0.3, -0.25) is 9.52 Å². The van der Waals surface area contributed by atoms with Crippen LogP contribution in [0.1, 0.15) is 0 Å². The van der Waals surface area contributed by atoms with Crippen LogP contribution in [-0.4, -0.2) is 46.3 Å². The Hall–Kier alpha value is -2.74. The summed E-state index contributed by atoms with van der Waals surface area (Å²) in [4.78, 5) is 16.1. The van der Waals surface area contributed by atoms with Crippen LogP contribution in [-0.2, 0) is 14.8 Å². The number of primary amides is 1. The lowest BCUT2D eigenvalue weighted by atomic mass is 10.1. The van der Waals surface area contributed by atoms with Gasteiger partial charge in [0, 0.05) is 36.7 Å². The van der Waals surface area contributed by atoms with Crippen LogP contribution < -0.4 is 20.3 Å². The van der Waals surface area contributed by atoms with Crippen LogP contribution in [0.25, 0.3) is 0 Å². The fraction of sp³-hybridized carbons (Fsp3) is 0.278. The number of sulfonamides is 1. The normalized spacial score (nSPS) is 17.8. The van der Waals surface area contributed by atoms with Gasteiger partial charge in [-0.1, -0.05) is 18.2 Å². The molecule has 0 aromatic heterocycles.